The monoisotopic (exact) mass is 270 g/mol. The molecule has 0 radical (unpaired) electrons. The lowest BCUT2D eigenvalue weighted by Crippen LogP contribution is -2.10. The number of hydrogen-bond donors (Lipinski definition) is 0. The van der Waals surface area contributed by atoms with Crippen LogP contribution < -0.4 is 4.74 Å². The van der Waals surface area contributed by atoms with E-state index in [1.807, 2.05) is 19.1 Å². The van der Waals surface area contributed by atoms with Crippen LogP contribution in [-0.4, -0.2) is 26.1 Å². The van der Waals surface area contributed by atoms with Crippen molar-refractivity contribution in [3.8, 4) is 5.75 Å². The molecule has 0 saturated heterocycles. The maximum Gasteiger partial charge on any atom is 0.138 e. The van der Waals surface area contributed by atoms with Gasteiger partial charge in [0.25, 0.3) is 0 Å². The Morgan fingerprint density at radius 3 is 2.72 bits per heavy atom. The SMILES string of the molecule is COCCOc1cc(CC(C)C(C)=O)ccc1Cl. The van der Waals surface area contributed by atoms with Crippen LogP contribution in [0.2, 0.25) is 5.02 Å². The van der Waals surface area contributed by atoms with Gasteiger partial charge in [-0.25, -0.2) is 0 Å². The summed E-state index contributed by atoms with van der Waals surface area (Å²) in [6.07, 6.45) is 0.702. The van der Waals surface area contributed by atoms with Crippen molar-refractivity contribution < 1.29 is 14.3 Å². The van der Waals surface area contributed by atoms with Gasteiger partial charge in [0, 0.05) is 13.0 Å². The minimum atomic E-state index is 0.0120. The third-order valence-corrected chi connectivity index (χ3v) is 3.09. The second kappa shape index (κ2) is 7.39. The molecule has 1 rings (SSSR count). The van der Waals surface area contributed by atoms with Crippen LogP contribution in [0.3, 0.4) is 0 Å². The Morgan fingerprint density at radius 1 is 1.39 bits per heavy atom. The van der Waals surface area contributed by atoms with Crippen molar-refractivity contribution in [1.82, 2.24) is 0 Å². The van der Waals surface area contributed by atoms with Gasteiger partial charge in [0.05, 0.1) is 11.6 Å². The molecule has 0 saturated carbocycles. The minimum Gasteiger partial charge on any atom is -0.490 e. The van der Waals surface area contributed by atoms with Gasteiger partial charge in [-0.3, -0.25) is 4.79 Å². The highest BCUT2D eigenvalue weighted by atomic mass is 35.5. The van der Waals surface area contributed by atoms with Crippen LogP contribution in [0.25, 0.3) is 0 Å². The summed E-state index contributed by atoms with van der Waals surface area (Å²) >= 11 is 6.04. The third kappa shape index (κ3) is 4.67. The molecule has 100 valence electrons. The van der Waals surface area contributed by atoms with Gasteiger partial charge >= 0.3 is 0 Å². The molecule has 0 bridgehead atoms. The fourth-order valence-electron chi connectivity index (χ4n) is 1.52. The number of rotatable bonds is 7. The molecule has 0 amide bonds. The quantitative estimate of drug-likeness (QED) is 0.714. The highest BCUT2D eigenvalue weighted by molar-refractivity contribution is 6.32. The second-order valence-electron chi connectivity index (χ2n) is 4.32. The van der Waals surface area contributed by atoms with E-state index in [1.54, 1.807) is 20.1 Å². The third-order valence-electron chi connectivity index (χ3n) is 2.78. The van der Waals surface area contributed by atoms with E-state index >= 15 is 0 Å². The van der Waals surface area contributed by atoms with Gasteiger partial charge < -0.3 is 9.47 Å². The van der Waals surface area contributed by atoms with Gasteiger partial charge in [0.1, 0.15) is 18.1 Å². The van der Waals surface area contributed by atoms with Gasteiger partial charge in [-0.05, 0) is 31.0 Å². The smallest absolute Gasteiger partial charge is 0.138 e. The van der Waals surface area contributed by atoms with E-state index in [0.717, 1.165) is 5.56 Å². The number of Topliss-reactive ketones (excluding diaryl/α,β-unsaturated/α-hetero) is 1. The minimum absolute atomic E-state index is 0.0120. The zero-order valence-corrected chi connectivity index (χ0v) is 11.8. The van der Waals surface area contributed by atoms with Crippen molar-refractivity contribution in [2.24, 2.45) is 5.92 Å². The number of ether oxygens (including phenoxy) is 2. The van der Waals surface area contributed by atoms with E-state index < -0.39 is 0 Å². The summed E-state index contributed by atoms with van der Waals surface area (Å²) in [5, 5.41) is 0.574. The molecular formula is C14H19ClO3. The van der Waals surface area contributed by atoms with E-state index in [2.05, 4.69) is 0 Å². The first kappa shape index (κ1) is 15.0. The molecule has 18 heavy (non-hydrogen) atoms. The Hall–Kier alpha value is -1.06. The Morgan fingerprint density at radius 2 is 2.11 bits per heavy atom. The Labute approximate surface area is 113 Å². The summed E-state index contributed by atoms with van der Waals surface area (Å²) in [5.74, 6) is 0.840. The lowest BCUT2D eigenvalue weighted by atomic mass is 9.98. The molecule has 1 atom stereocenters. The van der Waals surface area contributed by atoms with Crippen molar-refractivity contribution in [3.63, 3.8) is 0 Å². The predicted molar refractivity (Wildman–Crippen MR) is 72.4 cm³/mol. The fraction of sp³-hybridized carbons (Fsp3) is 0.500. The second-order valence-corrected chi connectivity index (χ2v) is 4.73. The number of carbonyl (C=O) groups is 1. The molecule has 1 aromatic carbocycles. The summed E-state index contributed by atoms with van der Waals surface area (Å²) < 4.78 is 10.4. The number of carbonyl (C=O) groups excluding carboxylic acids is 1. The standard InChI is InChI=1S/C14H19ClO3/c1-10(11(2)16)8-12-4-5-13(15)14(9-12)18-7-6-17-3/h4-5,9-10H,6-8H2,1-3H3. The Balaban J connectivity index is 2.70. The Bertz CT molecular complexity index is 404. The number of halogens is 1. The van der Waals surface area contributed by atoms with Gasteiger partial charge in [-0.2, -0.15) is 0 Å². The molecule has 0 aromatic heterocycles. The molecule has 0 N–H and O–H groups in total. The maximum atomic E-state index is 11.2. The summed E-state index contributed by atoms with van der Waals surface area (Å²) in [7, 11) is 1.62. The van der Waals surface area contributed by atoms with Crippen molar-refractivity contribution in [2.75, 3.05) is 20.3 Å². The van der Waals surface area contributed by atoms with Crippen LogP contribution in [0.5, 0.6) is 5.75 Å². The average Bonchev–Trinajstić information content (AvgIpc) is 2.33. The molecule has 3 nitrogen and oxygen atoms in total. The molecule has 1 aromatic rings. The normalized spacial score (nSPS) is 12.2. The summed E-state index contributed by atoms with van der Waals surface area (Å²) in [6, 6.07) is 5.61. The molecule has 0 spiro atoms. The first-order valence-electron chi connectivity index (χ1n) is 5.95. The molecule has 0 aliphatic heterocycles. The van der Waals surface area contributed by atoms with E-state index in [9.17, 15) is 4.79 Å². The number of benzene rings is 1. The van der Waals surface area contributed by atoms with Crippen LogP contribution in [0.15, 0.2) is 18.2 Å². The number of methoxy groups -OCH3 is 1. The van der Waals surface area contributed by atoms with Crippen molar-refractivity contribution in [1.29, 1.82) is 0 Å². The van der Waals surface area contributed by atoms with Crippen molar-refractivity contribution in [3.05, 3.63) is 28.8 Å². The van der Waals surface area contributed by atoms with Gasteiger partial charge in [-0.1, -0.05) is 24.6 Å². The topological polar surface area (TPSA) is 35.5 Å². The van der Waals surface area contributed by atoms with Crippen molar-refractivity contribution >= 4 is 17.4 Å². The van der Waals surface area contributed by atoms with Crippen LogP contribution in [0.4, 0.5) is 0 Å². The predicted octanol–water partition coefficient (Wildman–Crippen LogP) is 3.13. The average molecular weight is 271 g/mol. The molecule has 1 unspecified atom stereocenters. The Kier molecular flexibility index (Phi) is 6.16. The summed E-state index contributed by atoms with van der Waals surface area (Å²) in [5.41, 5.74) is 1.05. The van der Waals surface area contributed by atoms with Gasteiger partial charge in [-0.15, -0.1) is 0 Å². The van der Waals surface area contributed by atoms with E-state index in [4.69, 9.17) is 21.1 Å². The molecule has 0 heterocycles. The molecule has 0 aliphatic carbocycles. The molecule has 0 fully saturated rings. The zero-order chi connectivity index (χ0) is 13.5. The van der Waals surface area contributed by atoms with Crippen LogP contribution in [0, 0.1) is 5.92 Å². The van der Waals surface area contributed by atoms with Crippen LogP contribution >= 0.6 is 11.6 Å². The lowest BCUT2D eigenvalue weighted by molar-refractivity contribution is -0.120. The first-order chi connectivity index (χ1) is 8.54. The molecular weight excluding hydrogens is 252 g/mol. The van der Waals surface area contributed by atoms with Crippen LogP contribution in [0.1, 0.15) is 19.4 Å². The van der Waals surface area contributed by atoms with E-state index in [0.29, 0.717) is 30.4 Å². The summed E-state index contributed by atoms with van der Waals surface area (Å²) in [6.45, 7) is 4.51. The fourth-order valence-corrected chi connectivity index (χ4v) is 1.69. The van der Waals surface area contributed by atoms with Gasteiger partial charge in [0.15, 0.2) is 0 Å². The highest BCUT2D eigenvalue weighted by Gasteiger charge is 2.10. The zero-order valence-electron chi connectivity index (χ0n) is 11.0. The number of hydrogen-bond acceptors (Lipinski definition) is 3. The van der Waals surface area contributed by atoms with E-state index in [1.165, 1.54) is 0 Å². The molecule has 4 heteroatoms. The summed E-state index contributed by atoms with van der Waals surface area (Å²) in [4.78, 5) is 11.2. The van der Waals surface area contributed by atoms with Gasteiger partial charge in [0.2, 0.25) is 0 Å². The first-order valence-corrected chi connectivity index (χ1v) is 6.33. The highest BCUT2D eigenvalue weighted by Crippen LogP contribution is 2.26. The van der Waals surface area contributed by atoms with E-state index in [-0.39, 0.29) is 11.7 Å². The van der Waals surface area contributed by atoms with Crippen molar-refractivity contribution in [2.45, 2.75) is 20.3 Å². The largest absolute Gasteiger partial charge is 0.490 e. The number of ketones is 1. The molecule has 0 aliphatic rings. The lowest BCUT2D eigenvalue weighted by Gasteiger charge is -2.11. The van der Waals surface area contributed by atoms with Crippen LogP contribution in [-0.2, 0) is 16.0 Å². The maximum absolute atomic E-state index is 11.2.